The lowest BCUT2D eigenvalue weighted by molar-refractivity contribution is -0.218. The molecule has 20 heteroatoms. The van der Waals surface area contributed by atoms with Crippen molar-refractivity contribution in [3.63, 3.8) is 0 Å². The predicted octanol–water partition coefficient (Wildman–Crippen LogP) is 0.197. The van der Waals surface area contributed by atoms with Crippen molar-refractivity contribution in [1.82, 2.24) is 21.0 Å². The third-order valence-corrected chi connectivity index (χ3v) is 9.79. The van der Waals surface area contributed by atoms with Crippen LogP contribution in [0.4, 0.5) is 0 Å². The number of nitrogens with zero attached hydrogens (tertiary/aromatic N) is 3. The number of aliphatic imine (C=N–C) groups is 1. The van der Waals surface area contributed by atoms with Crippen LogP contribution in [0.2, 0.25) is 0 Å². The first kappa shape index (κ1) is 38.8. The van der Waals surface area contributed by atoms with Gasteiger partial charge in [0, 0.05) is 18.7 Å². The van der Waals surface area contributed by atoms with Crippen LogP contribution in [-0.4, -0.2) is 101 Å². The third-order valence-electron chi connectivity index (χ3n) is 8.67. The smallest absolute Gasteiger partial charge is 0.418 e. The van der Waals surface area contributed by atoms with Crippen molar-refractivity contribution in [3.8, 4) is 5.75 Å². The SMILES string of the molecule is C/C(=N\OC(C)(C(=O)O)C1CCc2cc(C3=NCC(CCCN)CN3)ccc2O1)C1=CSC(N)N1.CC1(C)C(NC=O)C(=O)N1OS(=O)(=O)O. The number of aliphatic carboxylic acids is 1. The van der Waals surface area contributed by atoms with Gasteiger partial charge in [-0.15, -0.1) is 4.28 Å². The number of carbonyl (C=O) groups is 3. The number of benzene rings is 1. The van der Waals surface area contributed by atoms with Gasteiger partial charge in [0.2, 0.25) is 6.41 Å². The van der Waals surface area contributed by atoms with Crippen LogP contribution in [0.1, 0.15) is 58.1 Å². The summed E-state index contributed by atoms with van der Waals surface area (Å²) in [5, 5.41) is 25.1. The molecule has 0 saturated carbocycles. The minimum absolute atomic E-state index is 0.253. The number of carboxylic acids is 1. The number of amidine groups is 1. The zero-order chi connectivity index (χ0) is 36.9. The molecule has 276 valence electrons. The van der Waals surface area contributed by atoms with E-state index in [9.17, 15) is 27.9 Å². The summed E-state index contributed by atoms with van der Waals surface area (Å²) in [7, 11) is -4.74. The standard InChI is InChI=1S/C24H34N6O4S.C6H10N2O6S/c1-14(18-13-35-23(26)29-18)30-34-24(2,22(31)32)20-8-6-16-10-17(5-7-19(16)33-20)21-27-11-15(12-28-21)4-3-9-25;1-6(2)4(7-3-9)5(10)8(6)14-15(11,12)13/h5,7,10,13,15,20,23,29H,3-4,6,8-9,11-12,25-26H2,1-2H3,(H,27,28)(H,31,32);3-4H,1-2H3,(H,7,9)(H,11,12,13)/b30-14+;. The number of hydroxylamine groups is 2. The van der Waals surface area contributed by atoms with Gasteiger partial charge >= 0.3 is 16.4 Å². The first-order valence-electron chi connectivity index (χ1n) is 15.8. The maximum absolute atomic E-state index is 12.2. The summed E-state index contributed by atoms with van der Waals surface area (Å²) in [6, 6.07) is 5.03. The van der Waals surface area contributed by atoms with Crippen LogP contribution < -0.4 is 32.2 Å². The van der Waals surface area contributed by atoms with Gasteiger partial charge in [0.25, 0.3) is 11.5 Å². The molecule has 1 fully saturated rings. The largest absolute Gasteiger partial charge is 0.485 e. The van der Waals surface area contributed by atoms with Gasteiger partial charge in [-0.3, -0.25) is 19.1 Å². The fourth-order valence-corrected chi connectivity index (χ4v) is 6.79. The van der Waals surface area contributed by atoms with Crippen LogP contribution in [0.3, 0.4) is 0 Å². The van der Waals surface area contributed by atoms with Gasteiger partial charge in [-0.25, -0.2) is 4.79 Å². The molecule has 0 aromatic heterocycles. The number of rotatable bonds is 13. The van der Waals surface area contributed by atoms with E-state index in [1.165, 1.54) is 32.5 Å². The number of hydrogen-bond acceptors (Lipinski definition) is 15. The molecule has 0 spiro atoms. The first-order valence-corrected chi connectivity index (χ1v) is 18.1. The second kappa shape index (κ2) is 15.9. The maximum Gasteiger partial charge on any atom is 0.418 e. The van der Waals surface area contributed by atoms with E-state index in [4.69, 9.17) is 30.6 Å². The van der Waals surface area contributed by atoms with Crippen molar-refractivity contribution in [2.24, 2.45) is 27.5 Å². The summed E-state index contributed by atoms with van der Waals surface area (Å²) in [6.45, 7) is 8.57. The predicted molar refractivity (Wildman–Crippen MR) is 184 cm³/mol. The molecule has 9 N–H and O–H groups in total. The Labute approximate surface area is 294 Å². The Kier molecular flexibility index (Phi) is 12.4. The van der Waals surface area contributed by atoms with Crippen molar-refractivity contribution >= 4 is 52.0 Å². The Hall–Kier alpha value is -3.95. The first-order chi connectivity index (χ1) is 23.5. The molecule has 18 nitrogen and oxygen atoms in total. The summed E-state index contributed by atoms with van der Waals surface area (Å²) in [5.41, 5.74) is 11.7. The quantitative estimate of drug-likeness (QED) is 0.0468. The highest BCUT2D eigenvalue weighted by molar-refractivity contribution is 8.02. The number of nitrogens with two attached hydrogens (primary N) is 2. The molecular formula is C30H44N8O10S2. The molecule has 4 aliphatic heterocycles. The van der Waals surface area contributed by atoms with Crippen LogP contribution in [0.15, 0.2) is 39.5 Å². The Morgan fingerprint density at radius 3 is 2.68 bits per heavy atom. The lowest BCUT2D eigenvalue weighted by Crippen LogP contribution is -2.75. The second-order valence-corrected chi connectivity index (χ2v) is 14.8. The van der Waals surface area contributed by atoms with E-state index in [1.807, 2.05) is 17.5 Å². The molecular weight excluding hydrogens is 697 g/mol. The molecule has 5 atom stereocenters. The lowest BCUT2D eigenvalue weighted by Gasteiger charge is -2.50. The molecule has 0 radical (unpaired) electrons. The molecule has 5 unspecified atom stereocenters. The van der Waals surface area contributed by atoms with Crippen LogP contribution in [0.5, 0.6) is 5.75 Å². The van der Waals surface area contributed by atoms with Gasteiger partial charge in [-0.2, -0.15) is 13.5 Å². The molecule has 2 amide bonds. The molecule has 4 heterocycles. The van der Waals surface area contributed by atoms with Crippen LogP contribution >= 0.6 is 11.8 Å². The zero-order valence-electron chi connectivity index (χ0n) is 28.1. The highest BCUT2D eigenvalue weighted by Crippen LogP contribution is 2.35. The molecule has 50 heavy (non-hydrogen) atoms. The molecule has 4 aliphatic rings. The van der Waals surface area contributed by atoms with E-state index in [0.717, 1.165) is 42.9 Å². The highest BCUT2D eigenvalue weighted by atomic mass is 32.3. The average molecular weight is 741 g/mol. The molecule has 0 bridgehead atoms. The number of ether oxygens (including phenoxy) is 1. The van der Waals surface area contributed by atoms with Crippen molar-refractivity contribution in [2.45, 2.75) is 82.2 Å². The van der Waals surface area contributed by atoms with Crippen LogP contribution in [0, 0.1) is 5.92 Å². The third kappa shape index (κ3) is 9.04. The molecule has 1 aromatic rings. The van der Waals surface area contributed by atoms with Crippen molar-refractivity contribution in [2.75, 3.05) is 19.6 Å². The number of hydrogen-bond donors (Lipinski definition) is 7. The number of β-lactam (4-membered cyclic amide) rings is 1. The van der Waals surface area contributed by atoms with Gasteiger partial charge in [0.1, 0.15) is 28.8 Å². The van der Waals surface area contributed by atoms with Crippen molar-refractivity contribution < 1.29 is 46.3 Å². The highest BCUT2D eigenvalue weighted by Gasteiger charge is 2.57. The van der Waals surface area contributed by atoms with Gasteiger partial charge in [0.05, 0.1) is 11.2 Å². The molecule has 5 rings (SSSR count). The number of thioether (sulfide) groups is 1. The normalized spacial score (nSPS) is 25.4. The van der Waals surface area contributed by atoms with E-state index < -0.39 is 45.6 Å². The number of fused-ring (bicyclic) bond motifs is 1. The fourth-order valence-electron chi connectivity index (χ4n) is 5.62. The lowest BCUT2D eigenvalue weighted by atomic mass is 9.85. The second-order valence-electron chi connectivity index (χ2n) is 12.8. The van der Waals surface area contributed by atoms with Gasteiger partial charge < -0.3 is 42.1 Å². The summed E-state index contributed by atoms with van der Waals surface area (Å²) < 4.78 is 39.3. The van der Waals surface area contributed by atoms with Gasteiger partial charge in [-0.05, 0) is 95.0 Å². The average Bonchev–Trinajstić information content (AvgIpc) is 3.53. The Morgan fingerprint density at radius 1 is 1.38 bits per heavy atom. The number of nitrogens with one attached hydrogen (secondary N) is 3. The summed E-state index contributed by atoms with van der Waals surface area (Å²) >= 11 is 1.42. The topological polar surface area (TPSA) is 270 Å². The Morgan fingerprint density at radius 2 is 2.12 bits per heavy atom. The number of carboxylic acid groups (broad SMARTS) is 1. The number of carbonyl (C=O) groups excluding carboxylic acids is 2. The number of allylic oxidation sites excluding steroid dienone is 1. The van der Waals surface area contributed by atoms with Crippen LogP contribution in [0.25, 0.3) is 0 Å². The summed E-state index contributed by atoms with van der Waals surface area (Å²) in [5.74, 6) is 0.171. The molecule has 0 aliphatic carbocycles. The van der Waals surface area contributed by atoms with Gasteiger partial charge in [-0.1, -0.05) is 16.9 Å². The van der Waals surface area contributed by atoms with Crippen molar-refractivity contribution in [1.29, 1.82) is 0 Å². The Bertz CT molecular complexity index is 1650. The maximum atomic E-state index is 12.2. The number of aryl methyl sites for hydroxylation is 1. The van der Waals surface area contributed by atoms with Crippen molar-refractivity contribution in [3.05, 3.63) is 40.4 Å². The monoisotopic (exact) mass is 740 g/mol. The fraction of sp³-hybridized carbons (Fsp3) is 0.567. The van der Waals surface area contributed by atoms with Gasteiger partial charge in [0.15, 0.2) is 6.10 Å². The van der Waals surface area contributed by atoms with E-state index in [2.05, 4.69) is 31.5 Å². The summed E-state index contributed by atoms with van der Waals surface area (Å²) in [4.78, 5) is 43.9. The molecule has 1 saturated heterocycles. The molecule has 1 aromatic carbocycles. The van der Waals surface area contributed by atoms with E-state index in [0.29, 0.717) is 53.9 Å². The van der Waals surface area contributed by atoms with Crippen LogP contribution in [-0.2, 0) is 40.3 Å². The van der Waals surface area contributed by atoms with E-state index >= 15 is 0 Å². The van der Waals surface area contributed by atoms with E-state index in [-0.39, 0.29) is 5.50 Å². The summed E-state index contributed by atoms with van der Waals surface area (Å²) in [6.07, 6.45) is 2.86. The number of amides is 2. The zero-order valence-corrected chi connectivity index (χ0v) is 29.8. The number of oxime groups is 1. The Balaban J connectivity index is 0.000000314. The minimum atomic E-state index is -4.74. The van der Waals surface area contributed by atoms with E-state index in [1.54, 1.807) is 6.92 Å². The minimum Gasteiger partial charge on any atom is -0.485 e.